The Balaban J connectivity index is 0.000000269. The molecule has 0 radical (unpaired) electrons. The molecular formula is C26H28N2O4. The number of benzene rings is 3. The number of anilines is 1. The van der Waals surface area contributed by atoms with Gasteiger partial charge in [0.2, 0.25) is 0 Å². The Bertz CT molecular complexity index is 1020. The first-order chi connectivity index (χ1) is 15.5. The van der Waals surface area contributed by atoms with Crippen LogP contribution in [-0.2, 0) is 22.6 Å². The van der Waals surface area contributed by atoms with Crippen LogP contribution < -0.4 is 10.6 Å². The minimum atomic E-state index is -1.02. The number of carbonyl (C=O) groups excluding carboxylic acids is 1. The molecule has 3 N–H and O–H groups in total. The van der Waals surface area contributed by atoms with Gasteiger partial charge in [-0.25, -0.2) is 9.59 Å². The summed E-state index contributed by atoms with van der Waals surface area (Å²) in [6.07, 6.45) is 0.385. The Morgan fingerprint density at radius 1 is 1.00 bits per heavy atom. The third-order valence-corrected chi connectivity index (χ3v) is 5.26. The Morgan fingerprint density at radius 2 is 1.59 bits per heavy atom. The molecule has 0 saturated heterocycles. The summed E-state index contributed by atoms with van der Waals surface area (Å²) in [7, 11) is 0. The zero-order valence-corrected chi connectivity index (χ0v) is 18.1. The Hall–Kier alpha value is -3.64. The van der Waals surface area contributed by atoms with Gasteiger partial charge in [-0.2, -0.15) is 0 Å². The van der Waals surface area contributed by atoms with Crippen molar-refractivity contribution in [2.24, 2.45) is 5.73 Å². The van der Waals surface area contributed by atoms with Gasteiger partial charge in [0.1, 0.15) is 12.6 Å². The maximum Gasteiger partial charge on any atom is 0.415 e. The third kappa shape index (κ3) is 5.95. The van der Waals surface area contributed by atoms with E-state index in [2.05, 4.69) is 0 Å². The lowest BCUT2D eigenvalue weighted by Gasteiger charge is -2.33. The first kappa shape index (κ1) is 23.0. The van der Waals surface area contributed by atoms with Crippen molar-refractivity contribution in [3.8, 4) is 0 Å². The SMILES string of the molecule is C[C@H](N)c1ccccc1.O=C(O)[C@H]1CCc2ccccc2N1C(=O)OCc1ccccc1. The number of ether oxygens (including phenoxy) is 1. The highest BCUT2D eigenvalue weighted by molar-refractivity contribution is 5.96. The fraction of sp³-hybridized carbons (Fsp3) is 0.231. The molecule has 0 unspecified atom stereocenters. The zero-order chi connectivity index (χ0) is 22.9. The summed E-state index contributed by atoms with van der Waals surface area (Å²) in [6, 6.07) is 26.0. The maximum absolute atomic E-state index is 12.5. The van der Waals surface area contributed by atoms with Crippen molar-refractivity contribution in [1.29, 1.82) is 0 Å². The van der Waals surface area contributed by atoms with Gasteiger partial charge in [-0.15, -0.1) is 0 Å². The molecule has 0 bridgehead atoms. The minimum absolute atomic E-state index is 0.116. The summed E-state index contributed by atoms with van der Waals surface area (Å²) in [6.45, 7) is 2.10. The Labute approximate surface area is 188 Å². The highest BCUT2D eigenvalue weighted by Crippen LogP contribution is 2.31. The number of amides is 1. The van der Waals surface area contributed by atoms with Gasteiger partial charge >= 0.3 is 12.1 Å². The van der Waals surface area contributed by atoms with Crippen LogP contribution in [-0.4, -0.2) is 23.2 Å². The average molecular weight is 433 g/mol. The second-order valence-corrected chi connectivity index (χ2v) is 7.63. The summed E-state index contributed by atoms with van der Waals surface area (Å²) >= 11 is 0. The fourth-order valence-corrected chi connectivity index (χ4v) is 3.55. The van der Waals surface area contributed by atoms with Crippen LogP contribution in [0.2, 0.25) is 0 Å². The van der Waals surface area contributed by atoms with Gasteiger partial charge in [-0.05, 0) is 42.5 Å². The summed E-state index contributed by atoms with van der Waals surface area (Å²) in [4.78, 5) is 25.2. The summed E-state index contributed by atoms with van der Waals surface area (Å²) in [5.74, 6) is -1.02. The molecule has 166 valence electrons. The largest absolute Gasteiger partial charge is 0.480 e. The van der Waals surface area contributed by atoms with E-state index in [0.29, 0.717) is 18.5 Å². The molecule has 1 amide bonds. The maximum atomic E-state index is 12.5. The van der Waals surface area contributed by atoms with Crippen molar-refractivity contribution in [3.63, 3.8) is 0 Å². The quantitative estimate of drug-likeness (QED) is 0.609. The number of aryl methyl sites for hydroxylation is 1. The summed E-state index contributed by atoms with van der Waals surface area (Å²) < 4.78 is 5.33. The van der Waals surface area contributed by atoms with Gasteiger partial charge in [-0.3, -0.25) is 4.90 Å². The van der Waals surface area contributed by atoms with Crippen molar-refractivity contribution in [3.05, 3.63) is 102 Å². The van der Waals surface area contributed by atoms with E-state index in [0.717, 1.165) is 11.1 Å². The molecule has 0 aliphatic carbocycles. The third-order valence-electron chi connectivity index (χ3n) is 5.26. The topological polar surface area (TPSA) is 92.9 Å². The van der Waals surface area contributed by atoms with Crippen LogP contribution in [0, 0.1) is 0 Å². The number of carboxylic acid groups (broad SMARTS) is 1. The number of nitrogens with two attached hydrogens (primary N) is 1. The van der Waals surface area contributed by atoms with Crippen molar-refractivity contribution >= 4 is 17.7 Å². The molecule has 0 spiro atoms. The summed E-state index contributed by atoms with van der Waals surface area (Å²) in [5.41, 5.74) is 9.24. The van der Waals surface area contributed by atoms with E-state index in [1.54, 1.807) is 12.1 Å². The number of fused-ring (bicyclic) bond motifs is 1. The van der Waals surface area contributed by atoms with E-state index in [-0.39, 0.29) is 12.6 Å². The Morgan fingerprint density at radius 3 is 2.19 bits per heavy atom. The molecule has 0 saturated carbocycles. The van der Waals surface area contributed by atoms with Crippen molar-refractivity contribution in [1.82, 2.24) is 0 Å². The van der Waals surface area contributed by atoms with E-state index in [1.807, 2.05) is 79.7 Å². The molecule has 6 nitrogen and oxygen atoms in total. The van der Waals surface area contributed by atoms with Gasteiger partial charge in [0.15, 0.2) is 0 Å². The molecule has 1 heterocycles. The number of carbonyl (C=O) groups is 2. The van der Waals surface area contributed by atoms with Crippen LogP contribution in [0.4, 0.5) is 10.5 Å². The van der Waals surface area contributed by atoms with E-state index in [4.69, 9.17) is 10.5 Å². The average Bonchev–Trinajstić information content (AvgIpc) is 2.83. The molecule has 2 atom stereocenters. The fourth-order valence-electron chi connectivity index (χ4n) is 3.55. The Kier molecular flexibility index (Phi) is 8.00. The smallest absolute Gasteiger partial charge is 0.415 e. The van der Waals surface area contributed by atoms with Crippen LogP contribution in [0.1, 0.15) is 36.1 Å². The number of hydrogen-bond donors (Lipinski definition) is 2. The monoisotopic (exact) mass is 432 g/mol. The van der Waals surface area contributed by atoms with Crippen molar-refractivity contribution in [2.45, 2.75) is 38.5 Å². The highest BCUT2D eigenvalue weighted by Gasteiger charge is 2.36. The number of rotatable bonds is 4. The first-order valence-corrected chi connectivity index (χ1v) is 10.6. The molecule has 4 rings (SSSR count). The number of para-hydroxylation sites is 1. The lowest BCUT2D eigenvalue weighted by molar-refractivity contribution is -0.138. The standard InChI is InChI=1S/C18H17NO4.C8H11N/c20-17(21)16-11-10-14-8-4-5-9-15(14)19(16)18(22)23-12-13-6-2-1-3-7-13;1-7(9)8-5-3-2-4-6-8/h1-9,16H,10-12H2,(H,20,21);2-7H,9H2,1H3/t16-;7-/m10/s1. The van der Waals surface area contributed by atoms with Gasteiger partial charge in [0, 0.05) is 6.04 Å². The lowest BCUT2D eigenvalue weighted by atomic mass is 9.96. The summed E-state index contributed by atoms with van der Waals surface area (Å²) in [5, 5.41) is 9.42. The van der Waals surface area contributed by atoms with Gasteiger partial charge in [0.25, 0.3) is 0 Å². The van der Waals surface area contributed by atoms with Crippen LogP contribution >= 0.6 is 0 Å². The van der Waals surface area contributed by atoms with Gasteiger partial charge < -0.3 is 15.6 Å². The van der Waals surface area contributed by atoms with Crippen LogP contribution in [0.25, 0.3) is 0 Å². The van der Waals surface area contributed by atoms with E-state index >= 15 is 0 Å². The predicted molar refractivity (Wildman–Crippen MR) is 124 cm³/mol. The second-order valence-electron chi connectivity index (χ2n) is 7.63. The second kappa shape index (κ2) is 11.1. The van der Waals surface area contributed by atoms with Crippen molar-refractivity contribution in [2.75, 3.05) is 4.90 Å². The van der Waals surface area contributed by atoms with Crippen LogP contribution in [0.3, 0.4) is 0 Å². The highest BCUT2D eigenvalue weighted by atomic mass is 16.6. The number of aliphatic carboxylic acids is 1. The number of hydrogen-bond acceptors (Lipinski definition) is 4. The number of carboxylic acids is 1. The van der Waals surface area contributed by atoms with Crippen molar-refractivity contribution < 1.29 is 19.4 Å². The number of nitrogens with zero attached hydrogens (tertiary/aromatic N) is 1. The predicted octanol–water partition coefficient (Wildman–Crippen LogP) is 4.94. The lowest BCUT2D eigenvalue weighted by Crippen LogP contribution is -2.48. The van der Waals surface area contributed by atoms with Crippen LogP contribution in [0.15, 0.2) is 84.9 Å². The van der Waals surface area contributed by atoms with E-state index < -0.39 is 18.1 Å². The molecule has 1 aliphatic rings. The molecule has 0 fully saturated rings. The van der Waals surface area contributed by atoms with E-state index in [1.165, 1.54) is 10.5 Å². The molecular weight excluding hydrogens is 404 g/mol. The minimum Gasteiger partial charge on any atom is -0.480 e. The first-order valence-electron chi connectivity index (χ1n) is 10.6. The zero-order valence-electron chi connectivity index (χ0n) is 18.1. The molecule has 3 aromatic rings. The molecule has 32 heavy (non-hydrogen) atoms. The van der Waals surface area contributed by atoms with Crippen LogP contribution in [0.5, 0.6) is 0 Å². The molecule has 0 aromatic heterocycles. The van der Waals surface area contributed by atoms with Gasteiger partial charge in [0.05, 0.1) is 5.69 Å². The molecule has 3 aromatic carbocycles. The molecule has 6 heteroatoms. The van der Waals surface area contributed by atoms with Gasteiger partial charge in [-0.1, -0.05) is 78.9 Å². The normalized spacial score (nSPS) is 15.6. The molecule has 1 aliphatic heterocycles. The van der Waals surface area contributed by atoms with E-state index in [9.17, 15) is 14.7 Å².